The van der Waals surface area contributed by atoms with Crippen molar-refractivity contribution < 1.29 is 14.6 Å². The van der Waals surface area contributed by atoms with Gasteiger partial charge in [-0.2, -0.15) is 0 Å². The Morgan fingerprint density at radius 3 is 2.93 bits per heavy atom. The highest BCUT2D eigenvalue weighted by atomic mass is 16.5. The molecule has 0 bridgehead atoms. The van der Waals surface area contributed by atoms with Crippen LogP contribution in [0.2, 0.25) is 0 Å². The highest BCUT2D eigenvalue weighted by Crippen LogP contribution is 2.41. The second-order valence-electron chi connectivity index (χ2n) is 8.21. The lowest BCUT2D eigenvalue weighted by molar-refractivity contribution is -0.198. The number of nitrogens with one attached hydrogen (secondary N) is 2. The Bertz CT molecular complexity index is 845. The summed E-state index contributed by atoms with van der Waals surface area (Å²) in [6, 6.07) is 1.99. The molecule has 152 valence electrons. The van der Waals surface area contributed by atoms with Crippen LogP contribution in [0.4, 0.5) is 5.82 Å². The van der Waals surface area contributed by atoms with Crippen molar-refractivity contribution in [1.29, 1.82) is 0 Å². The zero-order chi connectivity index (χ0) is 19.8. The standard InChI is InChI=1S/C20H29N5O3/c1-3-4-15(26)24-19(2)8-12-28-20(18(19)27)6-10-25(11-7-20)17-14-5-9-21-16(14)22-13-23-17/h5,9,13,18,27H,3-4,6-8,10-12H2,1-2H3,(H,24,26)(H,21,22,23)/t18-,19+/m0/s1. The summed E-state index contributed by atoms with van der Waals surface area (Å²) in [6.07, 6.45) is 5.95. The number of fused-ring (bicyclic) bond motifs is 1. The number of piperidine rings is 1. The number of nitrogens with zero attached hydrogens (tertiary/aromatic N) is 3. The van der Waals surface area contributed by atoms with E-state index >= 15 is 0 Å². The number of hydrogen-bond acceptors (Lipinski definition) is 6. The van der Waals surface area contributed by atoms with E-state index in [1.165, 1.54) is 0 Å². The average Bonchev–Trinajstić information content (AvgIpc) is 3.16. The molecule has 8 heteroatoms. The van der Waals surface area contributed by atoms with Gasteiger partial charge >= 0.3 is 0 Å². The predicted molar refractivity (Wildman–Crippen MR) is 106 cm³/mol. The van der Waals surface area contributed by atoms with Crippen LogP contribution in [0.1, 0.15) is 46.0 Å². The maximum Gasteiger partial charge on any atom is 0.220 e. The lowest BCUT2D eigenvalue weighted by atomic mass is 9.73. The van der Waals surface area contributed by atoms with Crippen molar-refractivity contribution in [2.75, 3.05) is 24.6 Å². The third-order valence-electron chi connectivity index (χ3n) is 6.26. The van der Waals surface area contributed by atoms with E-state index in [1.807, 2.05) is 26.1 Å². The van der Waals surface area contributed by atoms with Gasteiger partial charge in [0.2, 0.25) is 5.91 Å². The van der Waals surface area contributed by atoms with Crippen molar-refractivity contribution in [2.45, 2.75) is 63.2 Å². The number of aromatic nitrogens is 3. The molecule has 2 aliphatic rings. The molecule has 1 amide bonds. The summed E-state index contributed by atoms with van der Waals surface area (Å²) in [5, 5.41) is 15.3. The Morgan fingerprint density at radius 1 is 1.39 bits per heavy atom. The number of rotatable bonds is 4. The minimum Gasteiger partial charge on any atom is -0.388 e. The minimum atomic E-state index is -0.741. The van der Waals surface area contributed by atoms with Gasteiger partial charge < -0.3 is 25.0 Å². The van der Waals surface area contributed by atoms with Gasteiger partial charge in [-0.15, -0.1) is 0 Å². The lowest BCUT2D eigenvalue weighted by Crippen LogP contribution is -2.69. The number of carbonyl (C=O) groups is 1. The highest BCUT2D eigenvalue weighted by Gasteiger charge is 2.53. The van der Waals surface area contributed by atoms with Crippen molar-refractivity contribution >= 4 is 22.8 Å². The molecule has 4 heterocycles. The monoisotopic (exact) mass is 387 g/mol. The average molecular weight is 387 g/mol. The number of aliphatic hydroxyl groups excluding tert-OH is 1. The van der Waals surface area contributed by atoms with Crippen molar-refractivity contribution in [2.24, 2.45) is 0 Å². The fourth-order valence-corrected chi connectivity index (χ4v) is 4.63. The van der Waals surface area contributed by atoms with Gasteiger partial charge in [-0.05, 0) is 38.7 Å². The quantitative estimate of drug-likeness (QED) is 0.739. The molecule has 0 unspecified atom stereocenters. The fraction of sp³-hybridized carbons (Fsp3) is 0.650. The smallest absolute Gasteiger partial charge is 0.220 e. The van der Waals surface area contributed by atoms with E-state index in [9.17, 15) is 9.90 Å². The van der Waals surface area contributed by atoms with Crippen molar-refractivity contribution in [1.82, 2.24) is 20.3 Å². The summed E-state index contributed by atoms with van der Waals surface area (Å²) >= 11 is 0. The topological polar surface area (TPSA) is 103 Å². The fourth-order valence-electron chi connectivity index (χ4n) is 4.63. The summed E-state index contributed by atoms with van der Waals surface area (Å²) in [5.74, 6) is 0.903. The van der Waals surface area contributed by atoms with Crippen LogP contribution < -0.4 is 10.2 Å². The molecule has 2 atom stereocenters. The summed E-state index contributed by atoms with van der Waals surface area (Å²) in [7, 11) is 0. The van der Waals surface area contributed by atoms with Crippen LogP contribution in [-0.2, 0) is 9.53 Å². The Morgan fingerprint density at radius 2 is 2.18 bits per heavy atom. The number of anilines is 1. The molecule has 3 N–H and O–H groups in total. The van der Waals surface area contributed by atoms with Crippen LogP contribution in [0, 0.1) is 0 Å². The Labute approximate surface area is 164 Å². The Kier molecular flexibility index (Phi) is 5.01. The van der Waals surface area contributed by atoms with Crippen LogP contribution in [0.15, 0.2) is 18.6 Å². The Hall–Kier alpha value is -2.19. The van der Waals surface area contributed by atoms with E-state index in [4.69, 9.17) is 4.74 Å². The van der Waals surface area contributed by atoms with Gasteiger partial charge in [0, 0.05) is 32.3 Å². The SMILES string of the molecule is CCCC(=O)N[C@]1(C)CCOC2(CCN(c3ncnc4[nH]ccc34)CC2)[C@H]1O. The molecule has 2 aliphatic heterocycles. The van der Waals surface area contributed by atoms with E-state index < -0.39 is 17.2 Å². The normalized spacial score (nSPS) is 27.2. The number of aliphatic hydroxyl groups is 1. The number of H-pyrrole nitrogens is 1. The third-order valence-corrected chi connectivity index (χ3v) is 6.26. The number of amides is 1. The van der Waals surface area contributed by atoms with Crippen molar-refractivity contribution in [3.05, 3.63) is 18.6 Å². The number of ether oxygens (including phenoxy) is 1. The minimum absolute atomic E-state index is 0.00521. The van der Waals surface area contributed by atoms with Gasteiger partial charge in [0.05, 0.1) is 16.5 Å². The summed E-state index contributed by atoms with van der Waals surface area (Å²) in [5.41, 5.74) is -0.464. The molecule has 0 saturated carbocycles. The lowest BCUT2D eigenvalue weighted by Gasteiger charge is -2.53. The zero-order valence-electron chi connectivity index (χ0n) is 16.6. The van der Waals surface area contributed by atoms with Crippen LogP contribution in [0.3, 0.4) is 0 Å². The maximum absolute atomic E-state index is 12.2. The van der Waals surface area contributed by atoms with Gasteiger partial charge in [0.15, 0.2) is 0 Å². The van der Waals surface area contributed by atoms with Crippen molar-refractivity contribution in [3.63, 3.8) is 0 Å². The second kappa shape index (κ2) is 7.33. The number of hydrogen-bond donors (Lipinski definition) is 3. The maximum atomic E-state index is 12.2. The van der Waals surface area contributed by atoms with E-state index in [1.54, 1.807) is 6.33 Å². The first-order valence-corrected chi connectivity index (χ1v) is 10.1. The predicted octanol–water partition coefficient (Wildman–Crippen LogP) is 1.75. The molecule has 4 rings (SSSR count). The first-order valence-electron chi connectivity index (χ1n) is 10.1. The molecule has 2 aromatic heterocycles. The highest BCUT2D eigenvalue weighted by molar-refractivity contribution is 5.87. The van der Waals surface area contributed by atoms with Crippen LogP contribution in [0.5, 0.6) is 0 Å². The molecule has 2 saturated heterocycles. The molecule has 28 heavy (non-hydrogen) atoms. The van der Waals surface area contributed by atoms with Crippen LogP contribution in [0.25, 0.3) is 11.0 Å². The van der Waals surface area contributed by atoms with Crippen molar-refractivity contribution in [3.8, 4) is 0 Å². The van der Waals surface area contributed by atoms with E-state index in [2.05, 4.69) is 25.2 Å². The molecular weight excluding hydrogens is 358 g/mol. The molecule has 2 aromatic rings. The van der Waals surface area contributed by atoms with Gasteiger partial charge in [0.25, 0.3) is 0 Å². The molecule has 0 aromatic carbocycles. The number of aromatic amines is 1. The summed E-state index contributed by atoms with van der Waals surface area (Å²) in [6.45, 7) is 5.92. The van der Waals surface area contributed by atoms with E-state index in [0.29, 0.717) is 32.3 Å². The van der Waals surface area contributed by atoms with Gasteiger partial charge in [-0.3, -0.25) is 4.79 Å². The molecule has 2 fully saturated rings. The van der Waals surface area contributed by atoms with E-state index in [0.717, 1.165) is 36.4 Å². The molecular formula is C20H29N5O3. The third kappa shape index (κ3) is 3.24. The van der Waals surface area contributed by atoms with Gasteiger partial charge in [0.1, 0.15) is 23.9 Å². The Balaban J connectivity index is 1.49. The second-order valence-corrected chi connectivity index (χ2v) is 8.21. The summed E-state index contributed by atoms with van der Waals surface area (Å²) in [4.78, 5) is 26.3. The zero-order valence-corrected chi connectivity index (χ0v) is 16.6. The summed E-state index contributed by atoms with van der Waals surface area (Å²) < 4.78 is 6.15. The first kappa shape index (κ1) is 19.1. The first-order chi connectivity index (χ1) is 13.5. The number of carbonyl (C=O) groups excluding carboxylic acids is 1. The molecule has 0 aliphatic carbocycles. The molecule has 0 radical (unpaired) electrons. The van der Waals surface area contributed by atoms with Gasteiger partial charge in [-0.25, -0.2) is 9.97 Å². The molecule has 1 spiro atoms. The largest absolute Gasteiger partial charge is 0.388 e. The molecule has 8 nitrogen and oxygen atoms in total. The van der Waals surface area contributed by atoms with E-state index in [-0.39, 0.29) is 5.91 Å². The van der Waals surface area contributed by atoms with Crippen LogP contribution >= 0.6 is 0 Å². The van der Waals surface area contributed by atoms with Crippen LogP contribution in [-0.4, -0.2) is 62.9 Å². The van der Waals surface area contributed by atoms with Gasteiger partial charge in [-0.1, -0.05) is 6.92 Å².